The van der Waals surface area contributed by atoms with Crippen molar-refractivity contribution in [2.24, 2.45) is 0 Å². The number of ether oxygens (including phenoxy) is 2. The third-order valence-electron chi connectivity index (χ3n) is 7.13. The second kappa shape index (κ2) is 13.5. The van der Waals surface area contributed by atoms with E-state index >= 15 is 4.39 Å². The molecule has 4 rings (SSSR count). The van der Waals surface area contributed by atoms with Crippen LogP contribution >= 0.6 is 0 Å². The van der Waals surface area contributed by atoms with Gasteiger partial charge in [0.25, 0.3) is 5.91 Å². The van der Waals surface area contributed by atoms with E-state index in [1.54, 1.807) is 0 Å². The van der Waals surface area contributed by atoms with Gasteiger partial charge >= 0.3 is 24.9 Å². The molecule has 0 spiro atoms. The summed E-state index contributed by atoms with van der Waals surface area (Å²) in [7, 11) is 1.28. The van der Waals surface area contributed by atoms with Gasteiger partial charge in [0.1, 0.15) is 29.0 Å². The van der Waals surface area contributed by atoms with E-state index in [9.17, 15) is 57.5 Å². The molecule has 1 amide bonds. The summed E-state index contributed by atoms with van der Waals surface area (Å²) in [5.41, 5.74) is -8.88. The number of nitrogens with one attached hydrogen (secondary N) is 1. The van der Waals surface area contributed by atoms with Crippen molar-refractivity contribution in [3.05, 3.63) is 130 Å². The van der Waals surface area contributed by atoms with Gasteiger partial charge in [0.15, 0.2) is 0 Å². The molecule has 4 aromatic rings. The monoisotopic (exact) mass is 713 g/mol. The van der Waals surface area contributed by atoms with E-state index < -0.39 is 93.8 Å². The molecular formula is C32H20F13NO3. The zero-order chi connectivity index (χ0) is 36.5. The lowest BCUT2D eigenvalue weighted by atomic mass is 9.77. The Bertz CT molecular complexity index is 1820. The maximum absolute atomic E-state index is 15.1. The standard InChI is InChI=1S/C32H20F13NO3/c1-48-21-6-2-16(3-7-21)15-29(18-5-9-26(35)24(13-18)31(41,42)43,19-11-20(33)14-22(12-19)49-32(44,45)28(36)37)46-27(47)17-4-8-25(34)23(10-17)30(38,39)40/h2-14,28H,15H2,1H3,(H,46,47). The Hall–Kier alpha value is -4.96. The zero-order valence-corrected chi connectivity index (χ0v) is 24.4. The fourth-order valence-electron chi connectivity index (χ4n) is 4.84. The summed E-state index contributed by atoms with van der Waals surface area (Å²) < 4.78 is 189. The molecule has 0 bridgehead atoms. The van der Waals surface area contributed by atoms with E-state index in [0.29, 0.717) is 30.3 Å². The average Bonchev–Trinajstić information content (AvgIpc) is 2.99. The van der Waals surface area contributed by atoms with Crippen LogP contribution in [-0.4, -0.2) is 25.6 Å². The van der Waals surface area contributed by atoms with Crippen molar-refractivity contribution in [1.82, 2.24) is 5.32 Å². The van der Waals surface area contributed by atoms with Crippen molar-refractivity contribution < 1.29 is 71.3 Å². The van der Waals surface area contributed by atoms with E-state index in [0.717, 1.165) is 0 Å². The number of carbonyl (C=O) groups excluding carboxylic acids is 1. The van der Waals surface area contributed by atoms with Gasteiger partial charge in [0.05, 0.1) is 23.8 Å². The highest BCUT2D eigenvalue weighted by molar-refractivity contribution is 5.95. The molecule has 1 atom stereocenters. The fourth-order valence-corrected chi connectivity index (χ4v) is 4.84. The first-order valence-electron chi connectivity index (χ1n) is 13.5. The fraction of sp³-hybridized carbons (Fsp3) is 0.219. The number of methoxy groups -OCH3 is 1. The maximum Gasteiger partial charge on any atom is 0.461 e. The summed E-state index contributed by atoms with van der Waals surface area (Å²) in [6.07, 6.45) is -21.2. The van der Waals surface area contributed by atoms with Crippen LogP contribution < -0.4 is 14.8 Å². The van der Waals surface area contributed by atoms with Crippen LogP contribution in [0.4, 0.5) is 57.1 Å². The Morgan fingerprint density at radius 3 is 1.82 bits per heavy atom. The van der Waals surface area contributed by atoms with Gasteiger partial charge in [0.2, 0.25) is 0 Å². The predicted octanol–water partition coefficient (Wildman–Crippen LogP) is 9.30. The Balaban J connectivity index is 2.06. The molecule has 0 fully saturated rings. The topological polar surface area (TPSA) is 47.6 Å². The summed E-state index contributed by atoms with van der Waals surface area (Å²) in [6.45, 7) is 0. The number of hydrogen-bond donors (Lipinski definition) is 1. The quantitative estimate of drug-likeness (QED) is 0.167. The van der Waals surface area contributed by atoms with Crippen LogP contribution in [0.2, 0.25) is 0 Å². The summed E-state index contributed by atoms with van der Waals surface area (Å²) in [5, 5.41) is 2.19. The van der Waals surface area contributed by atoms with Crippen LogP contribution in [0.15, 0.2) is 78.9 Å². The number of halogens is 13. The van der Waals surface area contributed by atoms with Gasteiger partial charge < -0.3 is 14.8 Å². The van der Waals surface area contributed by atoms with Crippen molar-refractivity contribution in [1.29, 1.82) is 0 Å². The molecule has 0 aliphatic heterocycles. The Labute approximate surface area is 268 Å². The van der Waals surface area contributed by atoms with Crippen molar-refractivity contribution in [2.75, 3.05) is 7.11 Å². The third-order valence-corrected chi connectivity index (χ3v) is 7.13. The van der Waals surface area contributed by atoms with Crippen molar-refractivity contribution in [3.8, 4) is 11.5 Å². The summed E-state index contributed by atoms with van der Waals surface area (Å²) in [6, 6.07) is 8.45. The van der Waals surface area contributed by atoms with E-state index in [4.69, 9.17) is 4.74 Å². The Morgan fingerprint density at radius 2 is 1.27 bits per heavy atom. The van der Waals surface area contributed by atoms with Gasteiger partial charge in [-0.3, -0.25) is 4.79 Å². The highest BCUT2D eigenvalue weighted by atomic mass is 19.4. The van der Waals surface area contributed by atoms with Crippen LogP contribution in [0.1, 0.15) is 38.2 Å². The molecule has 17 heteroatoms. The van der Waals surface area contributed by atoms with Crippen LogP contribution in [0.5, 0.6) is 11.5 Å². The molecule has 1 N–H and O–H groups in total. The zero-order valence-electron chi connectivity index (χ0n) is 24.4. The van der Waals surface area contributed by atoms with Gasteiger partial charge in [-0.05, 0) is 71.3 Å². The second-order valence-corrected chi connectivity index (χ2v) is 10.4. The molecule has 0 radical (unpaired) electrons. The van der Waals surface area contributed by atoms with Crippen molar-refractivity contribution in [2.45, 2.75) is 36.8 Å². The SMILES string of the molecule is COc1ccc(CC(NC(=O)c2ccc(F)c(C(F)(F)F)c2)(c2cc(F)cc(OC(F)(F)C(F)F)c2)c2ccc(F)c(C(F)(F)F)c2)cc1. The molecule has 0 heterocycles. The Morgan fingerprint density at radius 1 is 0.694 bits per heavy atom. The van der Waals surface area contributed by atoms with Crippen LogP contribution in [0, 0.1) is 17.5 Å². The van der Waals surface area contributed by atoms with E-state index in [1.807, 2.05) is 0 Å². The normalized spacial score (nSPS) is 13.6. The molecule has 4 aromatic carbocycles. The highest BCUT2D eigenvalue weighted by Gasteiger charge is 2.45. The van der Waals surface area contributed by atoms with Crippen LogP contribution in [0.25, 0.3) is 0 Å². The van der Waals surface area contributed by atoms with E-state index in [2.05, 4.69) is 10.1 Å². The number of benzene rings is 4. The van der Waals surface area contributed by atoms with E-state index in [-0.39, 0.29) is 35.6 Å². The van der Waals surface area contributed by atoms with Gasteiger partial charge in [-0.15, -0.1) is 0 Å². The van der Waals surface area contributed by atoms with Crippen LogP contribution in [0.3, 0.4) is 0 Å². The largest absolute Gasteiger partial charge is 0.497 e. The van der Waals surface area contributed by atoms with Crippen LogP contribution in [-0.2, 0) is 24.3 Å². The minimum absolute atomic E-state index is 0.0674. The van der Waals surface area contributed by atoms with Gasteiger partial charge in [-0.25, -0.2) is 13.2 Å². The molecule has 49 heavy (non-hydrogen) atoms. The number of carbonyl (C=O) groups is 1. The van der Waals surface area contributed by atoms with Gasteiger partial charge in [-0.1, -0.05) is 18.2 Å². The van der Waals surface area contributed by atoms with E-state index in [1.165, 1.54) is 31.4 Å². The first-order chi connectivity index (χ1) is 22.7. The number of rotatable bonds is 10. The summed E-state index contributed by atoms with van der Waals surface area (Å²) in [5.74, 6) is -7.76. The molecule has 4 nitrogen and oxygen atoms in total. The first kappa shape index (κ1) is 36.9. The average molecular weight is 713 g/mol. The molecular weight excluding hydrogens is 693 g/mol. The molecule has 0 aliphatic carbocycles. The molecule has 0 saturated carbocycles. The first-order valence-corrected chi connectivity index (χ1v) is 13.5. The van der Waals surface area contributed by atoms with Crippen molar-refractivity contribution >= 4 is 5.91 Å². The molecule has 262 valence electrons. The molecule has 0 aliphatic rings. The third kappa shape index (κ3) is 8.20. The number of hydrogen-bond acceptors (Lipinski definition) is 3. The Kier molecular flexibility index (Phi) is 10.2. The molecule has 0 saturated heterocycles. The lowest BCUT2D eigenvalue weighted by Gasteiger charge is -2.37. The lowest BCUT2D eigenvalue weighted by molar-refractivity contribution is -0.253. The highest BCUT2D eigenvalue weighted by Crippen LogP contribution is 2.41. The molecule has 1 unspecified atom stereocenters. The number of alkyl halides is 10. The minimum atomic E-state index is -5.40. The van der Waals surface area contributed by atoms with Gasteiger partial charge in [0, 0.05) is 18.1 Å². The summed E-state index contributed by atoms with van der Waals surface area (Å²) in [4.78, 5) is 13.7. The smallest absolute Gasteiger partial charge is 0.461 e. The maximum atomic E-state index is 15.1. The minimum Gasteiger partial charge on any atom is -0.497 e. The number of amides is 1. The second-order valence-electron chi connectivity index (χ2n) is 10.4. The predicted molar refractivity (Wildman–Crippen MR) is 146 cm³/mol. The molecule has 0 aromatic heterocycles. The van der Waals surface area contributed by atoms with Gasteiger partial charge in [-0.2, -0.15) is 43.9 Å². The summed E-state index contributed by atoms with van der Waals surface area (Å²) >= 11 is 0. The lowest BCUT2D eigenvalue weighted by Crippen LogP contribution is -2.49. The van der Waals surface area contributed by atoms with Crippen molar-refractivity contribution in [3.63, 3.8) is 0 Å².